The van der Waals surface area contributed by atoms with Gasteiger partial charge in [0.1, 0.15) is 0 Å². The molecule has 0 aliphatic heterocycles. The average Bonchev–Trinajstić information content (AvgIpc) is 2.04. The molecule has 1 atom stereocenters. The first-order valence-electron chi connectivity index (χ1n) is 3.49. The molecule has 0 aromatic rings. The molecule has 0 amide bonds. The molecule has 0 saturated heterocycles. The van der Waals surface area contributed by atoms with E-state index >= 15 is 0 Å². The van der Waals surface area contributed by atoms with Crippen molar-refractivity contribution in [1.82, 2.24) is 5.32 Å². The van der Waals surface area contributed by atoms with E-state index < -0.39 is 5.66 Å². The minimum atomic E-state index is -1.22. The fourth-order valence-corrected chi connectivity index (χ4v) is 1.35. The highest BCUT2D eigenvalue weighted by atomic mass is 35.5. The Hall–Kier alpha value is -0.870. The number of hydrogen-bond donors (Lipinski definition) is 1. The van der Waals surface area contributed by atoms with Gasteiger partial charge in [-0.05, 0) is 13.1 Å². The summed E-state index contributed by atoms with van der Waals surface area (Å²) >= 11 is 5.65. The number of hydrogen-bond acceptors (Lipinski definition) is 3. The van der Waals surface area contributed by atoms with Crippen LogP contribution >= 0.6 is 11.6 Å². The Morgan fingerprint density at radius 2 is 2.50 bits per heavy atom. The summed E-state index contributed by atoms with van der Waals surface area (Å²) in [6.07, 6.45) is 5.07. The van der Waals surface area contributed by atoms with Crippen LogP contribution in [0, 0.1) is 10.1 Å². The maximum absolute atomic E-state index is 10.7. The van der Waals surface area contributed by atoms with E-state index in [2.05, 4.69) is 5.32 Å². The second-order valence-corrected chi connectivity index (χ2v) is 3.00. The molecule has 1 N–H and O–H groups in total. The lowest BCUT2D eigenvalue weighted by atomic mass is 10.0. The van der Waals surface area contributed by atoms with Gasteiger partial charge in [-0.3, -0.25) is 15.4 Å². The fourth-order valence-electron chi connectivity index (χ4n) is 1.08. The summed E-state index contributed by atoms with van der Waals surface area (Å²) < 4.78 is 0. The lowest BCUT2D eigenvalue weighted by molar-refractivity contribution is -0.561. The van der Waals surface area contributed by atoms with Gasteiger partial charge in [0, 0.05) is 16.0 Å². The zero-order valence-corrected chi connectivity index (χ0v) is 7.34. The largest absolute Gasteiger partial charge is 0.298 e. The fraction of sp³-hybridized carbons (Fsp3) is 0.429. The number of rotatable bonds is 2. The molecule has 1 rings (SSSR count). The van der Waals surface area contributed by atoms with Crippen LogP contribution in [0.5, 0.6) is 0 Å². The Morgan fingerprint density at radius 3 is 2.83 bits per heavy atom. The molecule has 1 unspecified atom stereocenters. The van der Waals surface area contributed by atoms with Gasteiger partial charge in [-0.2, -0.15) is 0 Å². The third-order valence-corrected chi connectivity index (χ3v) is 2.08. The van der Waals surface area contributed by atoms with Crippen molar-refractivity contribution in [1.29, 1.82) is 0 Å². The minimum Gasteiger partial charge on any atom is -0.262 e. The number of nitrogens with zero attached hydrogens (tertiary/aromatic N) is 1. The Bertz CT molecular complexity index is 262. The number of nitrogens with one attached hydrogen (secondary N) is 1. The van der Waals surface area contributed by atoms with E-state index in [1.807, 2.05) is 0 Å². The molecular weight excluding hydrogens is 180 g/mol. The molecule has 1 aliphatic rings. The molecule has 4 nitrogen and oxygen atoms in total. The predicted molar refractivity (Wildman–Crippen MR) is 46.5 cm³/mol. The summed E-state index contributed by atoms with van der Waals surface area (Å²) in [5.41, 5.74) is -1.22. The maximum atomic E-state index is 10.7. The van der Waals surface area contributed by atoms with Gasteiger partial charge in [0.05, 0.1) is 6.42 Å². The molecule has 0 fully saturated rings. The molecular formula is C7H9ClN2O2. The normalized spacial score (nSPS) is 28.3. The van der Waals surface area contributed by atoms with Crippen molar-refractivity contribution in [2.75, 3.05) is 7.05 Å². The Labute approximate surface area is 75.0 Å². The number of likely N-dealkylation sites (N-methyl/N-ethyl adjacent to an activating group) is 1. The van der Waals surface area contributed by atoms with Crippen molar-refractivity contribution in [3.63, 3.8) is 0 Å². The highest BCUT2D eigenvalue weighted by Gasteiger charge is 2.39. The molecule has 0 spiro atoms. The number of allylic oxidation sites excluding steroid dienone is 2. The quantitative estimate of drug-likeness (QED) is 0.403. The standard InChI is InChI=1S/C7H9ClN2O2/c1-9-7(10(11)12)4-2-3-6(8)5-7/h2-3,5,9H,4H2,1H3. The van der Waals surface area contributed by atoms with Crippen molar-refractivity contribution in [3.8, 4) is 0 Å². The van der Waals surface area contributed by atoms with E-state index in [4.69, 9.17) is 11.6 Å². The average molecular weight is 189 g/mol. The van der Waals surface area contributed by atoms with Gasteiger partial charge >= 0.3 is 0 Å². The zero-order chi connectivity index (χ0) is 9.19. The molecule has 5 heteroatoms. The molecule has 12 heavy (non-hydrogen) atoms. The van der Waals surface area contributed by atoms with E-state index in [1.54, 1.807) is 19.2 Å². The SMILES string of the molecule is CNC1([N+](=O)[O-])C=C(Cl)C=CC1. The highest BCUT2D eigenvalue weighted by molar-refractivity contribution is 6.31. The molecule has 0 bridgehead atoms. The summed E-state index contributed by atoms with van der Waals surface area (Å²) in [4.78, 5) is 10.3. The summed E-state index contributed by atoms with van der Waals surface area (Å²) in [7, 11) is 1.54. The summed E-state index contributed by atoms with van der Waals surface area (Å²) in [6, 6.07) is 0. The Kier molecular flexibility index (Phi) is 2.49. The Morgan fingerprint density at radius 1 is 1.83 bits per heavy atom. The third-order valence-electron chi connectivity index (χ3n) is 1.84. The van der Waals surface area contributed by atoms with Gasteiger partial charge < -0.3 is 0 Å². The van der Waals surface area contributed by atoms with Gasteiger partial charge in [0.15, 0.2) is 0 Å². The monoisotopic (exact) mass is 188 g/mol. The first-order valence-corrected chi connectivity index (χ1v) is 3.87. The first kappa shape index (κ1) is 9.22. The molecule has 66 valence electrons. The van der Waals surface area contributed by atoms with Crippen LogP contribution in [0.1, 0.15) is 6.42 Å². The molecule has 1 aliphatic carbocycles. The highest BCUT2D eigenvalue weighted by Crippen LogP contribution is 2.23. The molecule has 0 saturated carbocycles. The topological polar surface area (TPSA) is 55.2 Å². The smallest absolute Gasteiger partial charge is 0.262 e. The number of halogens is 1. The van der Waals surface area contributed by atoms with Crippen molar-refractivity contribution >= 4 is 11.6 Å². The van der Waals surface area contributed by atoms with Crippen molar-refractivity contribution < 1.29 is 4.92 Å². The van der Waals surface area contributed by atoms with E-state index in [1.165, 1.54) is 6.08 Å². The van der Waals surface area contributed by atoms with E-state index in [-0.39, 0.29) is 4.92 Å². The van der Waals surface area contributed by atoms with Crippen LogP contribution in [-0.4, -0.2) is 17.6 Å². The third kappa shape index (κ3) is 1.49. The van der Waals surface area contributed by atoms with Gasteiger partial charge in [-0.15, -0.1) is 0 Å². The van der Waals surface area contributed by atoms with Gasteiger partial charge in [0.25, 0.3) is 5.66 Å². The van der Waals surface area contributed by atoms with Crippen LogP contribution < -0.4 is 5.32 Å². The molecule has 0 aromatic carbocycles. The van der Waals surface area contributed by atoms with Crippen LogP contribution in [-0.2, 0) is 0 Å². The van der Waals surface area contributed by atoms with Crippen LogP contribution in [0.4, 0.5) is 0 Å². The molecule has 0 radical (unpaired) electrons. The van der Waals surface area contributed by atoms with Gasteiger partial charge in [0.2, 0.25) is 0 Å². The van der Waals surface area contributed by atoms with E-state index in [0.29, 0.717) is 11.5 Å². The van der Waals surface area contributed by atoms with Crippen molar-refractivity contribution in [2.45, 2.75) is 12.1 Å². The predicted octanol–water partition coefficient (Wildman–Crippen LogP) is 1.26. The van der Waals surface area contributed by atoms with E-state index in [9.17, 15) is 10.1 Å². The van der Waals surface area contributed by atoms with Crippen LogP contribution in [0.25, 0.3) is 0 Å². The van der Waals surface area contributed by atoms with Crippen LogP contribution in [0.2, 0.25) is 0 Å². The first-order chi connectivity index (χ1) is 5.60. The maximum Gasteiger partial charge on any atom is 0.298 e. The lowest BCUT2D eigenvalue weighted by Crippen LogP contribution is -2.48. The summed E-state index contributed by atoms with van der Waals surface area (Å²) in [5.74, 6) is 0. The minimum absolute atomic E-state index is 0.326. The number of nitro groups is 1. The van der Waals surface area contributed by atoms with Crippen molar-refractivity contribution in [2.24, 2.45) is 0 Å². The van der Waals surface area contributed by atoms with Gasteiger partial charge in [-0.25, -0.2) is 0 Å². The second kappa shape index (κ2) is 3.25. The van der Waals surface area contributed by atoms with Crippen LogP contribution in [0.3, 0.4) is 0 Å². The molecule has 0 aromatic heterocycles. The van der Waals surface area contributed by atoms with Crippen LogP contribution in [0.15, 0.2) is 23.3 Å². The van der Waals surface area contributed by atoms with E-state index in [0.717, 1.165) is 0 Å². The lowest BCUT2D eigenvalue weighted by Gasteiger charge is -2.21. The zero-order valence-electron chi connectivity index (χ0n) is 6.58. The second-order valence-electron chi connectivity index (χ2n) is 2.57. The van der Waals surface area contributed by atoms with Crippen molar-refractivity contribution in [3.05, 3.63) is 33.4 Å². The summed E-state index contributed by atoms with van der Waals surface area (Å²) in [5, 5.41) is 13.7. The van der Waals surface area contributed by atoms with Gasteiger partial charge in [-0.1, -0.05) is 17.7 Å². The summed E-state index contributed by atoms with van der Waals surface area (Å²) in [6.45, 7) is 0. The molecule has 0 heterocycles. The Balaban J connectivity index is 2.97.